The molecule has 4 amide bonds. The molecule has 2 unspecified atom stereocenters. The molecule has 3 aliphatic rings. The lowest BCUT2D eigenvalue weighted by Crippen LogP contribution is -2.48. The van der Waals surface area contributed by atoms with Crippen LogP contribution in [0.5, 0.6) is 11.5 Å². The molecule has 10 nitrogen and oxygen atoms in total. The van der Waals surface area contributed by atoms with Gasteiger partial charge in [0.05, 0.1) is 12.5 Å². The molecule has 4 rings (SSSR count). The number of likely N-dealkylation sites (N-methyl/N-ethyl adjacent to an activating group) is 1. The van der Waals surface area contributed by atoms with Crippen LogP contribution in [0.1, 0.15) is 19.3 Å². The molecule has 1 aromatic carbocycles. The van der Waals surface area contributed by atoms with Crippen molar-refractivity contribution in [2.75, 3.05) is 38.4 Å². The van der Waals surface area contributed by atoms with Gasteiger partial charge in [0.25, 0.3) is 0 Å². The number of likely N-dealkylation sites (tertiary alicyclic amines) is 1. The monoisotopic (exact) mass is 416 g/mol. The van der Waals surface area contributed by atoms with E-state index in [0.29, 0.717) is 30.2 Å². The summed E-state index contributed by atoms with van der Waals surface area (Å²) >= 11 is 0. The Bertz CT molecular complexity index is 888. The molecule has 30 heavy (non-hydrogen) atoms. The first-order chi connectivity index (χ1) is 14.5. The summed E-state index contributed by atoms with van der Waals surface area (Å²) in [6, 6.07) is 4.71. The van der Waals surface area contributed by atoms with E-state index < -0.39 is 12.0 Å². The smallest absolute Gasteiger partial charge is 0.242 e. The van der Waals surface area contributed by atoms with Gasteiger partial charge in [-0.2, -0.15) is 0 Å². The molecule has 0 aromatic heterocycles. The first kappa shape index (κ1) is 20.0. The van der Waals surface area contributed by atoms with E-state index in [1.807, 2.05) is 0 Å². The van der Waals surface area contributed by atoms with Gasteiger partial charge in [-0.05, 0) is 25.0 Å². The van der Waals surface area contributed by atoms with Crippen LogP contribution < -0.4 is 25.0 Å². The third kappa shape index (κ3) is 3.77. The number of carbonyl (C=O) groups is 4. The normalized spacial score (nSPS) is 22.4. The number of hydrogen-bond donors (Lipinski definition) is 2. The van der Waals surface area contributed by atoms with Crippen molar-refractivity contribution >= 4 is 29.3 Å². The van der Waals surface area contributed by atoms with Crippen molar-refractivity contribution < 1.29 is 28.7 Å². The molecule has 2 atom stereocenters. The minimum Gasteiger partial charge on any atom is -0.454 e. The molecule has 160 valence electrons. The maximum absolute atomic E-state index is 12.6. The Morgan fingerprint density at radius 1 is 1.17 bits per heavy atom. The van der Waals surface area contributed by atoms with Crippen molar-refractivity contribution in [2.45, 2.75) is 25.3 Å². The number of fused-ring (bicyclic) bond motifs is 1. The summed E-state index contributed by atoms with van der Waals surface area (Å²) in [5.74, 6) is -0.385. The Labute approximate surface area is 173 Å². The topological polar surface area (TPSA) is 117 Å². The Kier molecular flexibility index (Phi) is 5.47. The summed E-state index contributed by atoms with van der Waals surface area (Å²) in [5, 5.41) is 5.19. The average molecular weight is 416 g/mol. The highest BCUT2D eigenvalue weighted by molar-refractivity contribution is 6.01. The van der Waals surface area contributed by atoms with E-state index in [1.165, 1.54) is 16.8 Å². The zero-order valence-corrected chi connectivity index (χ0v) is 16.7. The number of nitrogens with one attached hydrogen (secondary N) is 2. The van der Waals surface area contributed by atoms with E-state index in [4.69, 9.17) is 9.47 Å². The molecule has 2 saturated heterocycles. The molecule has 3 heterocycles. The van der Waals surface area contributed by atoms with Gasteiger partial charge in [0.1, 0.15) is 6.04 Å². The van der Waals surface area contributed by atoms with Crippen molar-refractivity contribution in [3.8, 4) is 11.5 Å². The summed E-state index contributed by atoms with van der Waals surface area (Å²) in [6.07, 6.45) is 1.43. The lowest BCUT2D eigenvalue weighted by molar-refractivity contribution is -0.138. The Morgan fingerprint density at radius 3 is 2.77 bits per heavy atom. The molecule has 2 fully saturated rings. The van der Waals surface area contributed by atoms with Crippen molar-refractivity contribution in [1.29, 1.82) is 0 Å². The summed E-state index contributed by atoms with van der Waals surface area (Å²) in [7, 11) is 1.54. The van der Waals surface area contributed by atoms with Gasteiger partial charge in [-0.25, -0.2) is 0 Å². The van der Waals surface area contributed by atoms with Crippen LogP contribution in [0.25, 0.3) is 0 Å². The van der Waals surface area contributed by atoms with Crippen LogP contribution in [0.4, 0.5) is 5.69 Å². The third-order valence-corrected chi connectivity index (χ3v) is 5.70. The van der Waals surface area contributed by atoms with Gasteiger partial charge in [-0.3, -0.25) is 19.2 Å². The second-order valence-electron chi connectivity index (χ2n) is 7.52. The van der Waals surface area contributed by atoms with Crippen LogP contribution in [-0.4, -0.2) is 68.0 Å². The van der Waals surface area contributed by atoms with Gasteiger partial charge >= 0.3 is 0 Å². The predicted molar refractivity (Wildman–Crippen MR) is 105 cm³/mol. The van der Waals surface area contributed by atoms with E-state index in [9.17, 15) is 19.2 Å². The number of rotatable bonds is 5. The van der Waals surface area contributed by atoms with E-state index in [1.54, 1.807) is 18.2 Å². The van der Waals surface area contributed by atoms with E-state index in [0.717, 1.165) is 6.42 Å². The van der Waals surface area contributed by atoms with Crippen LogP contribution in [0.3, 0.4) is 0 Å². The fourth-order valence-electron chi connectivity index (χ4n) is 4.10. The van der Waals surface area contributed by atoms with E-state index in [2.05, 4.69) is 10.6 Å². The summed E-state index contributed by atoms with van der Waals surface area (Å²) in [4.78, 5) is 52.4. The third-order valence-electron chi connectivity index (χ3n) is 5.70. The molecular formula is C20H24N4O6. The highest BCUT2D eigenvalue weighted by atomic mass is 16.7. The van der Waals surface area contributed by atoms with Gasteiger partial charge in [0.15, 0.2) is 11.5 Å². The van der Waals surface area contributed by atoms with Crippen LogP contribution in [-0.2, 0) is 19.2 Å². The predicted octanol–water partition coefficient (Wildman–Crippen LogP) is -0.379. The summed E-state index contributed by atoms with van der Waals surface area (Å²) in [5.41, 5.74) is 0.640. The number of benzene rings is 1. The summed E-state index contributed by atoms with van der Waals surface area (Å²) < 4.78 is 10.6. The maximum atomic E-state index is 12.6. The van der Waals surface area contributed by atoms with Crippen LogP contribution >= 0.6 is 0 Å². The molecule has 2 N–H and O–H groups in total. The second kappa shape index (κ2) is 8.21. The number of amides is 4. The number of hydrogen-bond acceptors (Lipinski definition) is 6. The SMILES string of the molecule is CNC(=O)C1CCCN1C(=O)CNC(=O)C1CC(=O)N(c2ccc3c(c2)OCO3)C1. The molecule has 0 bridgehead atoms. The molecule has 1 aromatic rings. The minimum atomic E-state index is -0.552. The van der Waals surface area contributed by atoms with Crippen molar-refractivity contribution in [1.82, 2.24) is 15.5 Å². The molecule has 0 saturated carbocycles. The minimum absolute atomic E-state index is 0.0685. The van der Waals surface area contributed by atoms with E-state index >= 15 is 0 Å². The van der Waals surface area contributed by atoms with Gasteiger partial charge < -0.3 is 29.9 Å². The molecule has 3 aliphatic heterocycles. The number of ether oxygens (including phenoxy) is 2. The average Bonchev–Trinajstić information content (AvgIpc) is 3.49. The molecule has 10 heteroatoms. The van der Waals surface area contributed by atoms with Crippen molar-refractivity contribution in [2.24, 2.45) is 5.92 Å². The van der Waals surface area contributed by atoms with Gasteiger partial charge in [0.2, 0.25) is 30.4 Å². The fourth-order valence-corrected chi connectivity index (χ4v) is 4.10. The Balaban J connectivity index is 1.33. The van der Waals surface area contributed by atoms with Crippen molar-refractivity contribution in [3.05, 3.63) is 18.2 Å². The zero-order chi connectivity index (χ0) is 21.3. The molecular weight excluding hydrogens is 392 g/mol. The quantitative estimate of drug-likeness (QED) is 0.676. The maximum Gasteiger partial charge on any atom is 0.242 e. The lowest BCUT2D eigenvalue weighted by Gasteiger charge is -2.23. The van der Waals surface area contributed by atoms with Crippen molar-refractivity contribution in [3.63, 3.8) is 0 Å². The number of carbonyl (C=O) groups excluding carboxylic acids is 4. The summed E-state index contributed by atoms with van der Waals surface area (Å²) in [6.45, 7) is 0.667. The first-order valence-corrected chi connectivity index (χ1v) is 9.96. The largest absolute Gasteiger partial charge is 0.454 e. The highest BCUT2D eigenvalue weighted by Crippen LogP contribution is 2.37. The molecule has 0 spiro atoms. The second-order valence-corrected chi connectivity index (χ2v) is 7.52. The highest BCUT2D eigenvalue weighted by Gasteiger charge is 2.37. The molecule has 0 aliphatic carbocycles. The molecule has 0 radical (unpaired) electrons. The van der Waals surface area contributed by atoms with Gasteiger partial charge in [0, 0.05) is 38.3 Å². The van der Waals surface area contributed by atoms with Crippen LogP contribution in [0, 0.1) is 5.92 Å². The van der Waals surface area contributed by atoms with Crippen LogP contribution in [0.2, 0.25) is 0 Å². The van der Waals surface area contributed by atoms with Gasteiger partial charge in [-0.1, -0.05) is 0 Å². The Morgan fingerprint density at radius 2 is 1.97 bits per heavy atom. The number of nitrogens with zero attached hydrogens (tertiary/aromatic N) is 2. The lowest BCUT2D eigenvalue weighted by atomic mass is 10.1. The standard InChI is InChI=1S/C20H24N4O6/c1-21-20(28)14-3-2-6-23(14)18(26)9-22-19(27)12-7-17(25)24(10-12)13-4-5-15-16(8-13)30-11-29-15/h4-5,8,12,14H,2-3,6-7,9-11H2,1H3,(H,21,28)(H,22,27). The Hall–Kier alpha value is -3.30. The van der Waals surface area contributed by atoms with Gasteiger partial charge in [-0.15, -0.1) is 0 Å². The fraction of sp³-hybridized carbons (Fsp3) is 0.500. The first-order valence-electron chi connectivity index (χ1n) is 9.96. The van der Waals surface area contributed by atoms with E-state index in [-0.39, 0.29) is 49.9 Å². The zero-order valence-electron chi connectivity index (χ0n) is 16.7. The number of anilines is 1. The van der Waals surface area contributed by atoms with Crippen LogP contribution in [0.15, 0.2) is 18.2 Å².